The van der Waals surface area contributed by atoms with Crippen molar-refractivity contribution in [1.29, 1.82) is 0 Å². The Morgan fingerprint density at radius 1 is 1.88 bits per heavy atom. The van der Waals surface area contributed by atoms with Gasteiger partial charge in [-0.15, -0.1) is 0 Å². The summed E-state index contributed by atoms with van der Waals surface area (Å²) in [6.07, 6.45) is 3.09. The summed E-state index contributed by atoms with van der Waals surface area (Å²) in [5.41, 5.74) is 0.926. The molecule has 0 aromatic rings. The van der Waals surface area contributed by atoms with Crippen LogP contribution < -0.4 is 0 Å². The van der Waals surface area contributed by atoms with Crippen LogP contribution in [-0.4, -0.2) is 22.5 Å². The van der Waals surface area contributed by atoms with Crippen molar-refractivity contribution < 1.29 is 5.21 Å². The Balaban J connectivity index is 2.59. The van der Waals surface area contributed by atoms with E-state index in [0.717, 1.165) is 10.8 Å². The minimum atomic E-state index is 0.524. The highest BCUT2D eigenvalue weighted by Crippen LogP contribution is 1.93. The van der Waals surface area contributed by atoms with Crippen molar-refractivity contribution in [2.45, 2.75) is 6.92 Å². The third-order valence-corrected chi connectivity index (χ3v) is 0.924. The smallest absolute Gasteiger partial charge is 0.0827 e. The molecule has 0 bridgehead atoms. The maximum atomic E-state index is 8.75. The largest absolute Gasteiger partial charge is 0.289 e. The first kappa shape index (κ1) is 5.31. The molecule has 0 aromatic carbocycles. The minimum Gasteiger partial charge on any atom is -0.289 e. The molecular formula is C5H8N2O. The van der Waals surface area contributed by atoms with Crippen molar-refractivity contribution >= 4 is 5.71 Å². The molecule has 0 spiro atoms. The molecule has 0 amide bonds. The molecule has 1 rings (SSSR count). The van der Waals surface area contributed by atoms with Crippen LogP contribution in [0, 0.1) is 0 Å². The number of aliphatic imine (C=N–C) groups is 1. The topological polar surface area (TPSA) is 35.8 Å². The molecule has 0 saturated heterocycles. The van der Waals surface area contributed by atoms with Gasteiger partial charge in [0.15, 0.2) is 0 Å². The molecule has 3 nitrogen and oxygen atoms in total. The standard InChI is InChI=1S/C5H8N2O/c1-5-4-7(8)3-2-6-5/h2-3,8H,4H2,1H3. The number of rotatable bonds is 0. The van der Waals surface area contributed by atoms with E-state index in [1.807, 2.05) is 6.92 Å². The van der Waals surface area contributed by atoms with Crippen LogP contribution in [0.3, 0.4) is 0 Å². The van der Waals surface area contributed by atoms with Crippen molar-refractivity contribution in [2.24, 2.45) is 4.99 Å². The van der Waals surface area contributed by atoms with E-state index >= 15 is 0 Å². The van der Waals surface area contributed by atoms with E-state index in [1.54, 1.807) is 6.20 Å². The molecule has 0 saturated carbocycles. The van der Waals surface area contributed by atoms with Gasteiger partial charge in [0.2, 0.25) is 0 Å². The molecular weight excluding hydrogens is 104 g/mol. The van der Waals surface area contributed by atoms with Crippen molar-refractivity contribution in [1.82, 2.24) is 5.06 Å². The molecule has 0 radical (unpaired) electrons. The summed E-state index contributed by atoms with van der Waals surface area (Å²) < 4.78 is 0. The third kappa shape index (κ3) is 1.07. The summed E-state index contributed by atoms with van der Waals surface area (Å²) >= 11 is 0. The molecule has 1 aliphatic heterocycles. The summed E-state index contributed by atoms with van der Waals surface area (Å²) in [4.78, 5) is 3.91. The average molecular weight is 112 g/mol. The minimum absolute atomic E-state index is 0.524. The van der Waals surface area contributed by atoms with Crippen LogP contribution in [0.2, 0.25) is 0 Å². The highest BCUT2D eigenvalue weighted by molar-refractivity contribution is 5.84. The molecule has 8 heavy (non-hydrogen) atoms. The first-order valence-electron chi connectivity index (χ1n) is 2.44. The predicted molar refractivity (Wildman–Crippen MR) is 30.7 cm³/mol. The quantitative estimate of drug-likeness (QED) is 0.498. The van der Waals surface area contributed by atoms with Gasteiger partial charge in [-0.25, -0.2) is 0 Å². The predicted octanol–water partition coefficient (Wildman–Crippen LogP) is 0.623. The molecule has 0 fully saturated rings. The molecule has 1 heterocycles. The SMILES string of the molecule is CC1=NC=CN(O)C1. The zero-order valence-corrected chi connectivity index (χ0v) is 4.70. The van der Waals surface area contributed by atoms with Gasteiger partial charge < -0.3 is 0 Å². The van der Waals surface area contributed by atoms with Crippen LogP contribution in [0.15, 0.2) is 17.4 Å². The number of nitrogens with zero attached hydrogens (tertiary/aromatic N) is 2. The number of hydrogen-bond donors (Lipinski definition) is 1. The molecule has 44 valence electrons. The van der Waals surface area contributed by atoms with Gasteiger partial charge in [0.1, 0.15) is 0 Å². The summed E-state index contributed by atoms with van der Waals surface area (Å²) in [5.74, 6) is 0. The fourth-order valence-electron chi connectivity index (χ4n) is 0.566. The lowest BCUT2D eigenvalue weighted by Crippen LogP contribution is -2.21. The van der Waals surface area contributed by atoms with Gasteiger partial charge in [-0.2, -0.15) is 0 Å². The van der Waals surface area contributed by atoms with Crippen molar-refractivity contribution in [3.63, 3.8) is 0 Å². The van der Waals surface area contributed by atoms with Gasteiger partial charge >= 0.3 is 0 Å². The van der Waals surface area contributed by atoms with Gasteiger partial charge in [-0.05, 0) is 6.92 Å². The summed E-state index contributed by atoms with van der Waals surface area (Å²) in [6.45, 7) is 2.39. The normalized spacial score (nSPS) is 18.8. The van der Waals surface area contributed by atoms with E-state index in [1.165, 1.54) is 6.20 Å². The van der Waals surface area contributed by atoms with Crippen LogP contribution in [0.25, 0.3) is 0 Å². The average Bonchev–Trinajstić information content (AvgIpc) is 1.64. The fourth-order valence-corrected chi connectivity index (χ4v) is 0.566. The van der Waals surface area contributed by atoms with Crippen LogP contribution in [0.5, 0.6) is 0 Å². The molecule has 3 heteroatoms. The lowest BCUT2D eigenvalue weighted by Gasteiger charge is -2.13. The van der Waals surface area contributed by atoms with Gasteiger partial charge in [0.25, 0.3) is 0 Å². The fraction of sp³-hybridized carbons (Fsp3) is 0.400. The Kier molecular flexibility index (Phi) is 1.30. The number of hydrogen-bond acceptors (Lipinski definition) is 3. The van der Waals surface area contributed by atoms with Gasteiger partial charge in [-0.3, -0.25) is 15.3 Å². The molecule has 0 atom stereocenters. The molecule has 0 aromatic heterocycles. The third-order valence-electron chi connectivity index (χ3n) is 0.924. The highest BCUT2D eigenvalue weighted by atomic mass is 16.5. The second-order valence-electron chi connectivity index (χ2n) is 1.76. The number of hydroxylamine groups is 2. The Bertz CT molecular complexity index is 139. The Labute approximate surface area is 47.9 Å². The first-order chi connectivity index (χ1) is 3.79. The maximum absolute atomic E-state index is 8.75. The van der Waals surface area contributed by atoms with Gasteiger partial charge in [0.05, 0.1) is 6.54 Å². The Morgan fingerprint density at radius 3 is 3.00 bits per heavy atom. The maximum Gasteiger partial charge on any atom is 0.0827 e. The highest BCUT2D eigenvalue weighted by Gasteiger charge is 1.98. The van der Waals surface area contributed by atoms with E-state index in [9.17, 15) is 0 Å². The van der Waals surface area contributed by atoms with Crippen molar-refractivity contribution in [2.75, 3.05) is 6.54 Å². The summed E-state index contributed by atoms with van der Waals surface area (Å²) in [7, 11) is 0. The Morgan fingerprint density at radius 2 is 2.62 bits per heavy atom. The van der Waals surface area contributed by atoms with Gasteiger partial charge in [0, 0.05) is 18.1 Å². The first-order valence-corrected chi connectivity index (χ1v) is 2.44. The van der Waals surface area contributed by atoms with Crippen LogP contribution >= 0.6 is 0 Å². The molecule has 1 aliphatic rings. The zero-order chi connectivity index (χ0) is 5.98. The summed E-state index contributed by atoms with van der Waals surface area (Å²) in [6, 6.07) is 0. The Hall–Kier alpha value is -0.830. The molecule has 0 aliphatic carbocycles. The van der Waals surface area contributed by atoms with Gasteiger partial charge in [-0.1, -0.05) is 0 Å². The summed E-state index contributed by atoms with van der Waals surface area (Å²) in [5, 5.41) is 9.84. The van der Waals surface area contributed by atoms with E-state index in [-0.39, 0.29) is 0 Å². The lowest BCUT2D eigenvalue weighted by molar-refractivity contribution is -0.0264. The monoisotopic (exact) mass is 112 g/mol. The molecule has 0 unspecified atom stereocenters. The van der Waals surface area contributed by atoms with E-state index in [4.69, 9.17) is 5.21 Å². The lowest BCUT2D eigenvalue weighted by atomic mass is 10.4. The van der Waals surface area contributed by atoms with Crippen molar-refractivity contribution in [3.8, 4) is 0 Å². The second-order valence-corrected chi connectivity index (χ2v) is 1.76. The van der Waals surface area contributed by atoms with Crippen LogP contribution in [0.4, 0.5) is 0 Å². The van der Waals surface area contributed by atoms with E-state index in [0.29, 0.717) is 6.54 Å². The zero-order valence-electron chi connectivity index (χ0n) is 4.70. The molecule has 1 N–H and O–H groups in total. The van der Waals surface area contributed by atoms with Crippen LogP contribution in [-0.2, 0) is 0 Å². The van der Waals surface area contributed by atoms with Crippen molar-refractivity contribution in [3.05, 3.63) is 12.4 Å². The van der Waals surface area contributed by atoms with E-state index in [2.05, 4.69) is 4.99 Å². The second kappa shape index (κ2) is 1.96. The van der Waals surface area contributed by atoms with Crippen LogP contribution in [0.1, 0.15) is 6.92 Å². The van der Waals surface area contributed by atoms with E-state index < -0.39 is 0 Å².